The number of hydrogen-bond acceptors (Lipinski definition) is 6. The Balaban J connectivity index is 1.55. The van der Waals surface area contributed by atoms with Gasteiger partial charge in [0.15, 0.2) is 5.01 Å². The van der Waals surface area contributed by atoms with E-state index in [1.807, 2.05) is 60.7 Å². The van der Waals surface area contributed by atoms with Crippen LogP contribution in [0.5, 0.6) is 5.75 Å². The molecule has 144 valence electrons. The van der Waals surface area contributed by atoms with E-state index in [9.17, 15) is 4.79 Å². The number of aromatic nitrogens is 3. The van der Waals surface area contributed by atoms with E-state index in [0.717, 1.165) is 10.0 Å². The van der Waals surface area contributed by atoms with Crippen molar-refractivity contribution in [3.05, 3.63) is 89.0 Å². The second kappa shape index (κ2) is 8.93. The summed E-state index contributed by atoms with van der Waals surface area (Å²) in [5.41, 5.74) is 1.44. The molecule has 0 aliphatic heterocycles. The molecule has 1 N–H and O–H groups in total. The van der Waals surface area contributed by atoms with Crippen LogP contribution in [-0.2, 0) is 4.79 Å². The number of rotatable bonds is 6. The molecule has 1 unspecified atom stereocenters. The number of halogens is 1. The molecule has 0 saturated heterocycles. The summed E-state index contributed by atoms with van der Waals surface area (Å²) in [6, 6.07) is 22.2. The first-order valence-corrected chi connectivity index (χ1v) is 10.3. The largest absolute Gasteiger partial charge is 0.476 e. The van der Waals surface area contributed by atoms with Crippen molar-refractivity contribution < 1.29 is 9.53 Å². The van der Waals surface area contributed by atoms with Crippen molar-refractivity contribution >= 4 is 38.3 Å². The summed E-state index contributed by atoms with van der Waals surface area (Å²) in [7, 11) is 0. The molecule has 1 atom stereocenters. The Bertz CT molecular complexity index is 1090. The van der Waals surface area contributed by atoms with E-state index in [0.29, 0.717) is 21.6 Å². The third-order valence-corrected chi connectivity index (χ3v) is 5.34. The SMILES string of the molecule is O=C(Nc1nnc(-c2ccccn2)s1)C(Oc1ccc(Br)cc1)c1ccccc1. The molecule has 0 saturated carbocycles. The fourth-order valence-corrected chi connectivity index (χ4v) is 3.58. The molecule has 0 aliphatic carbocycles. The second-order valence-corrected chi connectivity index (χ2v) is 7.87. The van der Waals surface area contributed by atoms with Gasteiger partial charge in [-0.2, -0.15) is 0 Å². The maximum Gasteiger partial charge on any atom is 0.272 e. The van der Waals surface area contributed by atoms with Crippen molar-refractivity contribution in [1.29, 1.82) is 0 Å². The maximum atomic E-state index is 13.0. The van der Waals surface area contributed by atoms with Crippen molar-refractivity contribution in [3.63, 3.8) is 0 Å². The highest BCUT2D eigenvalue weighted by atomic mass is 79.9. The summed E-state index contributed by atoms with van der Waals surface area (Å²) in [5, 5.41) is 12.0. The molecule has 6 nitrogen and oxygen atoms in total. The first-order chi connectivity index (χ1) is 14.2. The minimum atomic E-state index is -0.834. The highest BCUT2D eigenvalue weighted by molar-refractivity contribution is 9.10. The molecule has 0 spiro atoms. The maximum absolute atomic E-state index is 13.0. The fraction of sp³-hybridized carbons (Fsp3) is 0.0476. The van der Waals surface area contributed by atoms with Crippen molar-refractivity contribution in [2.45, 2.75) is 6.10 Å². The van der Waals surface area contributed by atoms with E-state index in [4.69, 9.17) is 4.74 Å². The standard InChI is InChI=1S/C21H15BrN4O2S/c22-15-9-11-16(12-10-15)28-18(14-6-2-1-3-7-14)19(27)24-21-26-25-20(29-21)17-8-4-5-13-23-17/h1-13,18H,(H,24,26,27). The van der Waals surface area contributed by atoms with Crippen LogP contribution in [0.25, 0.3) is 10.7 Å². The molecule has 0 fully saturated rings. The van der Waals surface area contributed by atoms with E-state index in [1.54, 1.807) is 18.3 Å². The van der Waals surface area contributed by atoms with Crippen molar-refractivity contribution in [2.24, 2.45) is 0 Å². The minimum absolute atomic E-state index is 0.331. The van der Waals surface area contributed by atoms with Crippen LogP contribution in [0.1, 0.15) is 11.7 Å². The average Bonchev–Trinajstić information content (AvgIpc) is 3.23. The fourth-order valence-electron chi connectivity index (χ4n) is 2.59. The minimum Gasteiger partial charge on any atom is -0.476 e. The summed E-state index contributed by atoms with van der Waals surface area (Å²) in [4.78, 5) is 17.3. The van der Waals surface area contributed by atoms with Crippen LogP contribution in [-0.4, -0.2) is 21.1 Å². The molecule has 2 heterocycles. The Hall–Kier alpha value is -3.10. The lowest BCUT2D eigenvalue weighted by Crippen LogP contribution is -2.25. The molecule has 0 radical (unpaired) electrons. The third-order valence-electron chi connectivity index (χ3n) is 3.95. The van der Waals surface area contributed by atoms with Gasteiger partial charge in [-0.3, -0.25) is 15.1 Å². The monoisotopic (exact) mass is 466 g/mol. The normalized spacial score (nSPS) is 11.6. The van der Waals surface area contributed by atoms with Gasteiger partial charge in [0.2, 0.25) is 11.2 Å². The lowest BCUT2D eigenvalue weighted by Gasteiger charge is -2.18. The average molecular weight is 467 g/mol. The molecule has 29 heavy (non-hydrogen) atoms. The Morgan fingerprint density at radius 1 is 0.966 bits per heavy atom. The molecule has 1 amide bonds. The molecule has 0 aliphatic rings. The van der Waals surface area contributed by atoms with E-state index in [1.165, 1.54) is 11.3 Å². The van der Waals surface area contributed by atoms with Gasteiger partial charge in [0, 0.05) is 16.2 Å². The van der Waals surface area contributed by atoms with E-state index in [2.05, 4.69) is 36.4 Å². The summed E-state index contributed by atoms with van der Waals surface area (Å²) in [6.07, 6.45) is 0.853. The number of benzene rings is 2. The van der Waals surface area contributed by atoms with Crippen molar-refractivity contribution in [1.82, 2.24) is 15.2 Å². The number of anilines is 1. The van der Waals surface area contributed by atoms with E-state index < -0.39 is 6.10 Å². The number of nitrogens with one attached hydrogen (secondary N) is 1. The van der Waals surface area contributed by atoms with Crippen LogP contribution >= 0.6 is 27.3 Å². The van der Waals surface area contributed by atoms with Crippen LogP contribution in [0.2, 0.25) is 0 Å². The van der Waals surface area contributed by atoms with Gasteiger partial charge in [-0.25, -0.2) is 0 Å². The van der Waals surface area contributed by atoms with Crippen LogP contribution in [0.4, 0.5) is 5.13 Å². The van der Waals surface area contributed by atoms with Crippen LogP contribution < -0.4 is 10.1 Å². The molecule has 2 aromatic heterocycles. The van der Waals surface area contributed by atoms with Gasteiger partial charge in [-0.1, -0.05) is 63.7 Å². The summed E-state index contributed by atoms with van der Waals surface area (Å²) in [6.45, 7) is 0. The summed E-state index contributed by atoms with van der Waals surface area (Å²) < 4.78 is 6.92. The predicted octanol–water partition coefficient (Wildman–Crippen LogP) is 5.12. The Morgan fingerprint density at radius 2 is 1.72 bits per heavy atom. The Kier molecular flexibility index (Phi) is 5.92. The quantitative estimate of drug-likeness (QED) is 0.426. The molecule has 4 rings (SSSR count). The second-order valence-electron chi connectivity index (χ2n) is 5.98. The van der Waals surface area contributed by atoms with Gasteiger partial charge in [0.25, 0.3) is 5.91 Å². The Labute approximate surface area is 179 Å². The van der Waals surface area contributed by atoms with Crippen molar-refractivity contribution in [3.8, 4) is 16.5 Å². The zero-order valence-electron chi connectivity index (χ0n) is 15.0. The smallest absolute Gasteiger partial charge is 0.272 e. The first-order valence-electron chi connectivity index (χ1n) is 8.72. The van der Waals surface area contributed by atoms with Crippen LogP contribution in [0, 0.1) is 0 Å². The highest BCUT2D eigenvalue weighted by Crippen LogP contribution is 2.28. The number of amides is 1. The van der Waals surface area contributed by atoms with Gasteiger partial charge in [-0.15, -0.1) is 10.2 Å². The molecule has 4 aromatic rings. The molecule has 0 bridgehead atoms. The number of hydrogen-bond donors (Lipinski definition) is 1. The van der Waals surface area contributed by atoms with Gasteiger partial charge < -0.3 is 4.74 Å². The first kappa shape index (κ1) is 19.2. The number of nitrogens with zero attached hydrogens (tertiary/aromatic N) is 3. The van der Waals surface area contributed by atoms with Crippen molar-refractivity contribution in [2.75, 3.05) is 5.32 Å². The third kappa shape index (κ3) is 4.85. The topological polar surface area (TPSA) is 77.0 Å². The van der Waals surface area contributed by atoms with E-state index >= 15 is 0 Å². The molecule has 2 aromatic carbocycles. The number of pyridine rings is 1. The van der Waals surface area contributed by atoms with E-state index in [-0.39, 0.29) is 5.91 Å². The lowest BCUT2D eigenvalue weighted by atomic mass is 10.1. The molecular weight excluding hydrogens is 452 g/mol. The zero-order valence-corrected chi connectivity index (χ0v) is 17.4. The predicted molar refractivity (Wildman–Crippen MR) is 116 cm³/mol. The van der Waals surface area contributed by atoms with Gasteiger partial charge >= 0.3 is 0 Å². The number of ether oxygens (including phenoxy) is 1. The number of carbonyl (C=O) groups excluding carboxylic acids is 1. The van der Waals surface area contributed by atoms with Gasteiger partial charge in [0.1, 0.15) is 11.4 Å². The Morgan fingerprint density at radius 3 is 2.45 bits per heavy atom. The molecule has 8 heteroatoms. The summed E-state index contributed by atoms with van der Waals surface area (Å²) >= 11 is 4.65. The number of carbonyl (C=O) groups is 1. The highest BCUT2D eigenvalue weighted by Gasteiger charge is 2.24. The van der Waals surface area contributed by atoms with Crippen LogP contribution in [0.15, 0.2) is 83.5 Å². The lowest BCUT2D eigenvalue weighted by molar-refractivity contribution is -0.123. The van der Waals surface area contributed by atoms with Gasteiger partial charge in [0.05, 0.1) is 0 Å². The molecular formula is C21H15BrN4O2S. The zero-order chi connectivity index (χ0) is 20.1. The van der Waals surface area contributed by atoms with Gasteiger partial charge in [-0.05, 0) is 36.4 Å². The van der Waals surface area contributed by atoms with Crippen LogP contribution in [0.3, 0.4) is 0 Å². The summed E-state index contributed by atoms with van der Waals surface area (Å²) in [5.74, 6) is 0.256.